The molecule has 0 amide bonds. The first-order chi connectivity index (χ1) is 14.0. The van der Waals surface area contributed by atoms with Crippen LogP contribution in [0.5, 0.6) is 0 Å². The molecule has 0 spiro atoms. The van der Waals surface area contributed by atoms with Crippen molar-refractivity contribution >= 4 is 11.8 Å². The van der Waals surface area contributed by atoms with E-state index in [1.807, 2.05) is 6.26 Å². The Hall–Kier alpha value is -0.780. The number of hydrogen-bond acceptors (Lipinski definition) is 4. The summed E-state index contributed by atoms with van der Waals surface area (Å²) >= 11 is 1.58. The molecule has 1 aliphatic carbocycles. The molecule has 2 aliphatic rings. The van der Waals surface area contributed by atoms with Gasteiger partial charge in [0.1, 0.15) is 6.61 Å². The molecule has 0 bridgehead atoms. The summed E-state index contributed by atoms with van der Waals surface area (Å²) in [7, 11) is 0. The zero-order valence-electron chi connectivity index (χ0n) is 16.3. The van der Waals surface area contributed by atoms with Crippen molar-refractivity contribution < 1.29 is 44.9 Å². The first-order valence-corrected chi connectivity index (χ1v) is 10.8. The molecule has 30 heavy (non-hydrogen) atoms. The molecule has 1 saturated carbocycles. The Kier molecular flexibility index (Phi) is 9.51. The molecule has 0 aromatic carbocycles. The van der Waals surface area contributed by atoms with Crippen molar-refractivity contribution in [1.82, 2.24) is 0 Å². The molecular formula is C19H25F7O3S. The molecule has 0 N–H and O–H groups in total. The van der Waals surface area contributed by atoms with E-state index in [1.165, 1.54) is 12.2 Å². The second-order valence-corrected chi connectivity index (χ2v) is 8.38. The zero-order chi connectivity index (χ0) is 22.4. The molecular weight excluding hydrogens is 441 g/mol. The minimum Gasteiger partial charge on any atom is -0.372 e. The summed E-state index contributed by atoms with van der Waals surface area (Å²) < 4.78 is 106. The van der Waals surface area contributed by atoms with Crippen molar-refractivity contribution in [3.8, 4) is 0 Å². The minimum absolute atomic E-state index is 0.0654. The van der Waals surface area contributed by atoms with Crippen LogP contribution in [0.25, 0.3) is 0 Å². The molecule has 174 valence electrons. The summed E-state index contributed by atoms with van der Waals surface area (Å²) in [4.78, 5) is 0. The molecule has 2 fully saturated rings. The van der Waals surface area contributed by atoms with Gasteiger partial charge >= 0.3 is 18.5 Å². The smallest absolute Gasteiger partial charge is 0.372 e. The molecule has 0 aromatic heterocycles. The first-order valence-electron chi connectivity index (χ1n) is 9.52. The fraction of sp³-hybridized carbons (Fsp3) is 0.789. The molecule has 0 atom stereocenters. The van der Waals surface area contributed by atoms with Crippen LogP contribution < -0.4 is 0 Å². The maximum absolute atomic E-state index is 13.5. The monoisotopic (exact) mass is 466 g/mol. The SMILES string of the molecule is CSC1COC(/C=C/C=C(/C2CCC(OCC(F)(F)C(F)F)CC2)C(F)(F)F)OC1. The van der Waals surface area contributed by atoms with Gasteiger partial charge in [0.2, 0.25) is 0 Å². The third kappa shape index (κ3) is 7.72. The van der Waals surface area contributed by atoms with Crippen LogP contribution in [0.1, 0.15) is 25.7 Å². The lowest BCUT2D eigenvalue weighted by molar-refractivity contribution is -0.179. The van der Waals surface area contributed by atoms with Crippen LogP contribution in [0.4, 0.5) is 30.7 Å². The van der Waals surface area contributed by atoms with Gasteiger partial charge in [-0.1, -0.05) is 12.2 Å². The van der Waals surface area contributed by atoms with Gasteiger partial charge in [-0.05, 0) is 43.9 Å². The number of rotatable bonds is 8. The Morgan fingerprint density at radius 2 is 1.67 bits per heavy atom. The summed E-state index contributed by atoms with van der Waals surface area (Å²) in [6, 6.07) is 0. The van der Waals surface area contributed by atoms with Crippen LogP contribution in [-0.2, 0) is 14.2 Å². The van der Waals surface area contributed by atoms with Crippen molar-refractivity contribution in [2.75, 3.05) is 26.1 Å². The maximum atomic E-state index is 13.5. The van der Waals surface area contributed by atoms with Crippen molar-refractivity contribution in [1.29, 1.82) is 0 Å². The predicted molar refractivity (Wildman–Crippen MR) is 98.9 cm³/mol. The molecule has 1 saturated heterocycles. The summed E-state index contributed by atoms with van der Waals surface area (Å²) in [6.45, 7) is -0.551. The van der Waals surface area contributed by atoms with Crippen LogP contribution in [0.2, 0.25) is 0 Å². The van der Waals surface area contributed by atoms with Crippen LogP contribution >= 0.6 is 11.8 Å². The van der Waals surface area contributed by atoms with Crippen molar-refractivity contribution in [2.45, 2.75) is 61.9 Å². The van der Waals surface area contributed by atoms with Gasteiger partial charge in [0.25, 0.3) is 0 Å². The fourth-order valence-corrected chi connectivity index (χ4v) is 3.72. The van der Waals surface area contributed by atoms with Crippen molar-refractivity contribution in [2.24, 2.45) is 5.92 Å². The van der Waals surface area contributed by atoms with E-state index in [0.717, 1.165) is 6.08 Å². The number of halogens is 7. The standard InChI is InChI=1S/C19H25F7O3S/c1-30-14-9-27-16(28-10-14)4-2-3-15(19(24,25)26)12-5-7-13(8-6-12)29-11-18(22,23)17(20)21/h2-4,12-14,16-17H,5-11H2,1H3/b4-2+,15-3-. The van der Waals surface area contributed by atoms with Gasteiger partial charge in [-0.25, -0.2) is 8.78 Å². The van der Waals surface area contributed by atoms with E-state index >= 15 is 0 Å². The molecule has 0 unspecified atom stereocenters. The lowest BCUT2D eigenvalue weighted by Crippen LogP contribution is -2.36. The quantitative estimate of drug-likeness (QED) is 0.343. The highest BCUT2D eigenvalue weighted by Gasteiger charge is 2.43. The van der Waals surface area contributed by atoms with Crippen LogP contribution in [0.3, 0.4) is 0 Å². The van der Waals surface area contributed by atoms with E-state index in [4.69, 9.17) is 14.2 Å². The molecule has 3 nitrogen and oxygen atoms in total. The Labute approximate surface area is 175 Å². The van der Waals surface area contributed by atoms with E-state index in [9.17, 15) is 30.7 Å². The fourth-order valence-electron chi connectivity index (χ4n) is 3.29. The molecule has 0 radical (unpaired) electrons. The third-order valence-electron chi connectivity index (χ3n) is 5.04. The number of allylic oxidation sites excluding steroid dienone is 3. The highest BCUT2D eigenvalue weighted by molar-refractivity contribution is 7.99. The Bertz CT molecular complexity index is 579. The molecule has 1 heterocycles. The van der Waals surface area contributed by atoms with Crippen molar-refractivity contribution in [3.63, 3.8) is 0 Å². The summed E-state index contributed by atoms with van der Waals surface area (Å²) in [6.07, 6.45) is -4.01. The average molecular weight is 466 g/mol. The number of hydrogen-bond donors (Lipinski definition) is 0. The number of alkyl halides is 7. The van der Waals surface area contributed by atoms with Crippen LogP contribution in [0.15, 0.2) is 23.8 Å². The Morgan fingerprint density at radius 3 is 2.17 bits per heavy atom. The number of thioether (sulfide) groups is 1. The zero-order valence-corrected chi connectivity index (χ0v) is 17.2. The van der Waals surface area contributed by atoms with E-state index < -0.39 is 49.0 Å². The highest BCUT2D eigenvalue weighted by Crippen LogP contribution is 2.40. The molecule has 2 rings (SSSR count). The summed E-state index contributed by atoms with van der Waals surface area (Å²) in [5, 5.41) is 0.189. The maximum Gasteiger partial charge on any atom is 0.412 e. The average Bonchev–Trinajstić information content (AvgIpc) is 2.70. The van der Waals surface area contributed by atoms with E-state index in [0.29, 0.717) is 13.2 Å². The van der Waals surface area contributed by atoms with Gasteiger partial charge < -0.3 is 14.2 Å². The van der Waals surface area contributed by atoms with Gasteiger partial charge in [-0.15, -0.1) is 0 Å². The van der Waals surface area contributed by atoms with Crippen LogP contribution in [-0.4, -0.2) is 62.2 Å². The van der Waals surface area contributed by atoms with Crippen molar-refractivity contribution in [3.05, 3.63) is 23.8 Å². The molecule has 0 aromatic rings. The lowest BCUT2D eigenvalue weighted by Gasteiger charge is -2.31. The topological polar surface area (TPSA) is 27.7 Å². The number of ether oxygens (including phenoxy) is 3. The highest BCUT2D eigenvalue weighted by atomic mass is 32.2. The van der Waals surface area contributed by atoms with Crippen LogP contribution in [0, 0.1) is 5.92 Å². The van der Waals surface area contributed by atoms with E-state index in [-0.39, 0.29) is 30.9 Å². The second-order valence-electron chi connectivity index (χ2n) is 7.24. The van der Waals surface area contributed by atoms with Gasteiger partial charge in [0.15, 0.2) is 6.29 Å². The Morgan fingerprint density at radius 1 is 1.07 bits per heavy atom. The molecule has 11 heteroatoms. The minimum atomic E-state index is -4.55. The molecule has 1 aliphatic heterocycles. The van der Waals surface area contributed by atoms with Gasteiger partial charge in [-0.3, -0.25) is 0 Å². The normalized spacial score (nSPS) is 29.7. The first kappa shape index (κ1) is 25.5. The van der Waals surface area contributed by atoms with Gasteiger partial charge in [0, 0.05) is 5.57 Å². The second kappa shape index (κ2) is 11.2. The van der Waals surface area contributed by atoms with E-state index in [2.05, 4.69) is 0 Å². The lowest BCUT2D eigenvalue weighted by atomic mass is 9.82. The Balaban J connectivity index is 1.89. The summed E-state index contributed by atoms with van der Waals surface area (Å²) in [5.74, 6) is -5.09. The van der Waals surface area contributed by atoms with Gasteiger partial charge in [0.05, 0.1) is 24.6 Å². The summed E-state index contributed by atoms with van der Waals surface area (Å²) in [5.41, 5.74) is -0.729. The third-order valence-corrected chi connectivity index (χ3v) is 5.98. The predicted octanol–water partition coefficient (Wildman–Crippen LogP) is 5.61. The van der Waals surface area contributed by atoms with Gasteiger partial charge in [-0.2, -0.15) is 33.7 Å². The van der Waals surface area contributed by atoms with E-state index in [1.54, 1.807) is 11.8 Å². The largest absolute Gasteiger partial charge is 0.412 e.